The average Bonchev–Trinajstić information content (AvgIpc) is 3.40. The number of ether oxygens (including phenoxy) is 2. The van der Waals surface area contributed by atoms with Crippen LogP contribution in [0.1, 0.15) is 26.5 Å². The van der Waals surface area contributed by atoms with Crippen LogP contribution in [0.25, 0.3) is 16.7 Å². The molecule has 2 amide bonds. The first-order chi connectivity index (χ1) is 15.9. The first-order valence-corrected chi connectivity index (χ1v) is 10.7. The molecule has 0 aliphatic rings. The molecule has 0 atom stereocenters. The van der Waals surface area contributed by atoms with Crippen LogP contribution < -0.4 is 15.8 Å². The van der Waals surface area contributed by atoms with E-state index in [1.807, 2.05) is 25.1 Å². The van der Waals surface area contributed by atoms with Gasteiger partial charge in [0.1, 0.15) is 29.9 Å². The number of aromatic nitrogens is 4. The Kier molecular flexibility index (Phi) is 6.43. The van der Waals surface area contributed by atoms with Gasteiger partial charge in [-0.15, -0.1) is 0 Å². The van der Waals surface area contributed by atoms with Crippen LogP contribution in [0.3, 0.4) is 0 Å². The number of anilines is 1. The van der Waals surface area contributed by atoms with Gasteiger partial charge < -0.3 is 20.2 Å². The summed E-state index contributed by atoms with van der Waals surface area (Å²) in [6.45, 7) is 2.67. The molecule has 0 fully saturated rings. The van der Waals surface area contributed by atoms with Crippen LogP contribution in [0.4, 0.5) is 5.95 Å². The van der Waals surface area contributed by atoms with E-state index in [0.29, 0.717) is 35.7 Å². The SMILES string of the molecule is COCCOc1cccc2[nH]c(NC(=O)c3ncn(-c4cc(Br)ccc4C)c3C(N)=O)nc12. The van der Waals surface area contributed by atoms with Gasteiger partial charge in [-0.1, -0.05) is 28.1 Å². The van der Waals surface area contributed by atoms with Crippen molar-refractivity contribution in [2.75, 3.05) is 25.6 Å². The Morgan fingerprint density at radius 3 is 2.82 bits per heavy atom. The topological polar surface area (TPSA) is 137 Å². The van der Waals surface area contributed by atoms with Gasteiger partial charge in [-0.05, 0) is 36.8 Å². The van der Waals surface area contributed by atoms with Crippen molar-refractivity contribution in [3.8, 4) is 11.4 Å². The number of primary amides is 1. The zero-order valence-electron chi connectivity index (χ0n) is 17.9. The van der Waals surface area contributed by atoms with E-state index in [2.05, 4.69) is 36.2 Å². The van der Waals surface area contributed by atoms with Crippen LogP contribution in [0.5, 0.6) is 5.75 Å². The molecule has 0 aliphatic carbocycles. The van der Waals surface area contributed by atoms with Gasteiger partial charge in [0.25, 0.3) is 11.8 Å². The second kappa shape index (κ2) is 9.43. The zero-order valence-corrected chi connectivity index (χ0v) is 19.5. The van der Waals surface area contributed by atoms with E-state index in [1.54, 1.807) is 25.3 Å². The average molecular weight is 513 g/mol. The molecule has 0 bridgehead atoms. The number of rotatable bonds is 8. The molecule has 11 heteroatoms. The van der Waals surface area contributed by atoms with Crippen LogP contribution in [0.2, 0.25) is 0 Å². The van der Waals surface area contributed by atoms with Crippen molar-refractivity contribution < 1.29 is 19.1 Å². The Labute approximate surface area is 197 Å². The maximum Gasteiger partial charge on any atom is 0.279 e. The number of imidazole rings is 2. The molecule has 10 nitrogen and oxygen atoms in total. The number of hydrogen-bond acceptors (Lipinski definition) is 6. The number of nitrogens with one attached hydrogen (secondary N) is 2. The fraction of sp³-hybridized carbons (Fsp3) is 0.182. The quantitative estimate of drug-likeness (QED) is 0.310. The van der Waals surface area contributed by atoms with Crippen LogP contribution in [0.15, 0.2) is 47.2 Å². The van der Waals surface area contributed by atoms with Gasteiger partial charge in [-0.2, -0.15) is 0 Å². The van der Waals surface area contributed by atoms with E-state index in [1.165, 1.54) is 10.9 Å². The number of para-hydroxylation sites is 1. The Morgan fingerprint density at radius 2 is 2.06 bits per heavy atom. The molecule has 2 aromatic heterocycles. The minimum absolute atomic E-state index is 0.0339. The molecule has 0 aliphatic heterocycles. The first-order valence-electron chi connectivity index (χ1n) is 9.94. The molecule has 2 aromatic carbocycles. The largest absolute Gasteiger partial charge is 0.489 e. The van der Waals surface area contributed by atoms with Crippen LogP contribution in [-0.2, 0) is 4.74 Å². The second-order valence-electron chi connectivity index (χ2n) is 7.14. The lowest BCUT2D eigenvalue weighted by Crippen LogP contribution is -2.23. The molecule has 0 unspecified atom stereocenters. The van der Waals surface area contributed by atoms with Gasteiger partial charge in [0.05, 0.1) is 17.8 Å². The summed E-state index contributed by atoms with van der Waals surface area (Å²) in [6.07, 6.45) is 1.39. The predicted molar refractivity (Wildman–Crippen MR) is 126 cm³/mol. The lowest BCUT2D eigenvalue weighted by atomic mass is 10.2. The third-order valence-corrected chi connectivity index (χ3v) is 5.39. The third kappa shape index (κ3) is 4.59. The number of carbonyl (C=O) groups excluding carboxylic acids is 2. The Balaban J connectivity index is 1.65. The summed E-state index contributed by atoms with van der Waals surface area (Å²) >= 11 is 3.42. The summed E-state index contributed by atoms with van der Waals surface area (Å²) in [6, 6.07) is 11.0. The van der Waals surface area contributed by atoms with Crippen LogP contribution >= 0.6 is 15.9 Å². The number of nitrogens with two attached hydrogens (primary N) is 1. The van der Waals surface area contributed by atoms with Crippen molar-refractivity contribution in [3.63, 3.8) is 0 Å². The molecule has 0 saturated heterocycles. The number of aromatic amines is 1. The number of aryl methyl sites for hydroxylation is 1. The fourth-order valence-electron chi connectivity index (χ4n) is 3.36. The van der Waals surface area contributed by atoms with Crippen molar-refractivity contribution in [2.45, 2.75) is 6.92 Å². The molecule has 0 saturated carbocycles. The highest BCUT2D eigenvalue weighted by Crippen LogP contribution is 2.26. The number of carbonyl (C=O) groups is 2. The predicted octanol–water partition coefficient (Wildman–Crippen LogP) is 3.20. The van der Waals surface area contributed by atoms with E-state index in [0.717, 1.165) is 10.0 Å². The summed E-state index contributed by atoms with van der Waals surface area (Å²) in [5.74, 6) is -0.679. The smallest absolute Gasteiger partial charge is 0.279 e. The number of fused-ring (bicyclic) bond motifs is 1. The van der Waals surface area contributed by atoms with E-state index in [4.69, 9.17) is 15.2 Å². The summed E-state index contributed by atoms with van der Waals surface area (Å²) in [5.41, 5.74) is 8.24. The highest BCUT2D eigenvalue weighted by atomic mass is 79.9. The normalized spacial score (nSPS) is 11.0. The second-order valence-corrected chi connectivity index (χ2v) is 8.06. The van der Waals surface area contributed by atoms with Crippen molar-refractivity contribution >= 4 is 44.7 Å². The molecule has 170 valence electrons. The van der Waals surface area contributed by atoms with Gasteiger partial charge in [-0.25, -0.2) is 9.97 Å². The lowest BCUT2D eigenvalue weighted by Gasteiger charge is -2.10. The number of H-pyrrole nitrogens is 1. The van der Waals surface area contributed by atoms with Gasteiger partial charge in [0.15, 0.2) is 5.69 Å². The lowest BCUT2D eigenvalue weighted by molar-refractivity contribution is 0.0970. The van der Waals surface area contributed by atoms with Gasteiger partial charge in [0, 0.05) is 11.6 Å². The highest BCUT2D eigenvalue weighted by Gasteiger charge is 2.24. The van der Waals surface area contributed by atoms with Gasteiger partial charge in [0.2, 0.25) is 5.95 Å². The number of methoxy groups -OCH3 is 1. The van der Waals surface area contributed by atoms with Crippen molar-refractivity contribution in [3.05, 3.63) is 64.1 Å². The number of halogens is 1. The van der Waals surface area contributed by atoms with Crippen molar-refractivity contribution in [2.24, 2.45) is 5.73 Å². The number of amides is 2. The molecule has 4 N–H and O–H groups in total. The summed E-state index contributed by atoms with van der Waals surface area (Å²) in [5, 5.41) is 2.65. The number of nitrogens with zero attached hydrogens (tertiary/aromatic N) is 3. The fourth-order valence-corrected chi connectivity index (χ4v) is 3.71. The summed E-state index contributed by atoms with van der Waals surface area (Å²) in [7, 11) is 1.59. The summed E-state index contributed by atoms with van der Waals surface area (Å²) in [4.78, 5) is 36.8. The minimum Gasteiger partial charge on any atom is -0.489 e. The first kappa shape index (κ1) is 22.5. The van der Waals surface area contributed by atoms with Crippen molar-refractivity contribution in [1.29, 1.82) is 0 Å². The molecule has 33 heavy (non-hydrogen) atoms. The van der Waals surface area contributed by atoms with Crippen LogP contribution in [-0.4, -0.2) is 51.7 Å². The molecule has 4 rings (SSSR count). The highest BCUT2D eigenvalue weighted by molar-refractivity contribution is 9.10. The molecular weight excluding hydrogens is 492 g/mol. The van der Waals surface area contributed by atoms with E-state index in [-0.39, 0.29) is 17.3 Å². The molecule has 4 aromatic rings. The van der Waals surface area contributed by atoms with Gasteiger partial charge >= 0.3 is 0 Å². The Morgan fingerprint density at radius 1 is 1.24 bits per heavy atom. The molecule has 0 spiro atoms. The number of benzene rings is 2. The zero-order chi connectivity index (χ0) is 23.5. The van der Waals surface area contributed by atoms with E-state index < -0.39 is 11.8 Å². The maximum atomic E-state index is 13.0. The standard InChI is InChI=1S/C22H21BrN6O4/c1-12-6-7-13(23)10-15(12)29-11-25-18(19(29)20(24)30)21(31)28-22-26-14-4-3-5-16(17(14)27-22)33-9-8-32-2/h3-7,10-11H,8-9H2,1-2H3,(H2,24,30)(H2,26,27,28,31). The maximum absolute atomic E-state index is 13.0. The van der Waals surface area contributed by atoms with E-state index in [9.17, 15) is 9.59 Å². The third-order valence-electron chi connectivity index (χ3n) is 4.90. The van der Waals surface area contributed by atoms with Crippen molar-refractivity contribution in [1.82, 2.24) is 19.5 Å². The Hall–Kier alpha value is -3.70. The minimum atomic E-state index is -0.782. The molecular formula is C22H21BrN6O4. The van der Waals surface area contributed by atoms with Gasteiger partial charge in [-0.3, -0.25) is 19.5 Å². The number of hydrogen-bond donors (Lipinski definition) is 3. The van der Waals surface area contributed by atoms with Crippen LogP contribution in [0, 0.1) is 6.92 Å². The summed E-state index contributed by atoms with van der Waals surface area (Å²) < 4.78 is 13.0. The monoisotopic (exact) mass is 512 g/mol. The molecule has 0 radical (unpaired) electrons. The molecule has 2 heterocycles. The van der Waals surface area contributed by atoms with E-state index >= 15 is 0 Å². The Bertz CT molecular complexity index is 1350.